The Hall–Kier alpha value is -1.51. The van der Waals surface area contributed by atoms with E-state index in [2.05, 4.69) is 46.8 Å². The second kappa shape index (κ2) is 8.20. The minimum Gasteiger partial charge on any atom is -0.482 e. The van der Waals surface area contributed by atoms with E-state index in [0.29, 0.717) is 17.8 Å². The zero-order valence-corrected chi connectivity index (χ0v) is 19.6. The van der Waals surface area contributed by atoms with Gasteiger partial charge in [-0.15, -0.1) is 0 Å². The molecule has 0 amide bonds. The van der Waals surface area contributed by atoms with Crippen molar-refractivity contribution in [3.05, 3.63) is 29.8 Å². The molecule has 4 bridgehead atoms. The lowest BCUT2D eigenvalue weighted by Crippen LogP contribution is -2.61. The maximum Gasteiger partial charge on any atom is 0.344 e. The fraction of sp³-hybridized carbons (Fsp3) is 0.741. The lowest BCUT2D eigenvalue weighted by atomic mass is 9.48. The number of benzene rings is 1. The molecule has 4 saturated carbocycles. The molecule has 3 heteroatoms. The van der Waals surface area contributed by atoms with Gasteiger partial charge in [-0.05, 0) is 97.6 Å². The largest absolute Gasteiger partial charge is 0.482 e. The van der Waals surface area contributed by atoms with Crippen molar-refractivity contribution >= 4 is 5.97 Å². The van der Waals surface area contributed by atoms with Gasteiger partial charge in [-0.2, -0.15) is 0 Å². The molecule has 1 aromatic rings. The van der Waals surface area contributed by atoms with E-state index in [4.69, 9.17) is 9.47 Å². The molecule has 4 aliphatic carbocycles. The van der Waals surface area contributed by atoms with Crippen molar-refractivity contribution in [2.45, 2.75) is 91.1 Å². The van der Waals surface area contributed by atoms with Crippen LogP contribution in [0, 0.1) is 29.1 Å². The average molecular weight is 413 g/mol. The highest BCUT2D eigenvalue weighted by atomic mass is 16.6. The zero-order chi connectivity index (χ0) is 21.5. The van der Waals surface area contributed by atoms with E-state index in [1.807, 2.05) is 12.1 Å². The van der Waals surface area contributed by atoms with Crippen LogP contribution in [0.2, 0.25) is 0 Å². The second-order valence-corrected chi connectivity index (χ2v) is 11.6. The van der Waals surface area contributed by atoms with Gasteiger partial charge in [0.25, 0.3) is 0 Å². The summed E-state index contributed by atoms with van der Waals surface area (Å²) < 4.78 is 12.3. The highest BCUT2D eigenvalue weighted by molar-refractivity contribution is 5.71. The van der Waals surface area contributed by atoms with Gasteiger partial charge < -0.3 is 9.47 Å². The molecule has 5 rings (SSSR count). The van der Waals surface area contributed by atoms with Gasteiger partial charge in [0.2, 0.25) is 0 Å². The summed E-state index contributed by atoms with van der Waals surface area (Å²) in [6.45, 7) is 11.3. The number of ether oxygens (including phenoxy) is 2. The predicted octanol–water partition coefficient (Wildman–Crippen LogP) is 6.75. The summed E-state index contributed by atoms with van der Waals surface area (Å²) in [5, 5.41) is 0. The standard InChI is InChI=1S/C27H40O3/c1-6-18(2)21-7-9-24(10-8-21)29-16-25(28)30-27(17-26(3,4)5)22-12-19-11-20(14-22)15-23(27)13-19/h7-10,18-20,22-23H,6,11-17H2,1-5H3. The smallest absolute Gasteiger partial charge is 0.344 e. The van der Waals surface area contributed by atoms with Crippen LogP contribution in [0.25, 0.3) is 0 Å². The van der Waals surface area contributed by atoms with Crippen LogP contribution in [-0.2, 0) is 9.53 Å². The first-order chi connectivity index (χ1) is 14.2. The van der Waals surface area contributed by atoms with Crippen LogP contribution in [0.1, 0.15) is 91.0 Å². The molecular formula is C27H40O3. The fourth-order valence-electron chi connectivity index (χ4n) is 6.81. The summed E-state index contributed by atoms with van der Waals surface area (Å²) in [6, 6.07) is 8.16. The van der Waals surface area contributed by atoms with E-state index in [0.717, 1.165) is 30.4 Å². The SMILES string of the molecule is CCC(C)c1ccc(OCC(=O)OC2(CC(C)(C)C)C3CC4CC(C3)CC2C4)cc1. The van der Waals surface area contributed by atoms with Gasteiger partial charge in [0.15, 0.2) is 6.61 Å². The summed E-state index contributed by atoms with van der Waals surface area (Å²) in [4.78, 5) is 13.0. The predicted molar refractivity (Wildman–Crippen MR) is 121 cm³/mol. The maximum absolute atomic E-state index is 13.0. The molecule has 0 N–H and O–H groups in total. The molecular weight excluding hydrogens is 372 g/mol. The Kier molecular flexibility index (Phi) is 5.94. The van der Waals surface area contributed by atoms with E-state index in [9.17, 15) is 4.79 Å². The maximum atomic E-state index is 13.0. The Morgan fingerprint density at radius 1 is 1.03 bits per heavy atom. The molecule has 166 valence electrons. The van der Waals surface area contributed by atoms with Crippen molar-refractivity contribution in [1.29, 1.82) is 0 Å². The first-order valence-corrected chi connectivity index (χ1v) is 12.1. The van der Waals surface area contributed by atoms with Crippen LogP contribution in [0.3, 0.4) is 0 Å². The normalized spacial score (nSPS) is 33.4. The molecule has 1 aromatic carbocycles. The van der Waals surface area contributed by atoms with E-state index in [-0.39, 0.29) is 23.6 Å². The molecule has 1 unspecified atom stereocenters. The van der Waals surface area contributed by atoms with Crippen LogP contribution in [0.5, 0.6) is 5.75 Å². The molecule has 0 radical (unpaired) electrons. The van der Waals surface area contributed by atoms with Crippen molar-refractivity contribution in [2.75, 3.05) is 6.61 Å². The Morgan fingerprint density at radius 3 is 2.10 bits per heavy atom. The summed E-state index contributed by atoms with van der Waals surface area (Å²) >= 11 is 0. The molecule has 0 heterocycles. The lowest BCUT2D eigenvalue weighted by Gasteiger charge is -2.61. The van der Waals surface area contributed by atoms with Crippen molar-refractivity contribution in [3.63, 3.8) is 0 Å². The lowest BCUT2D eigenvalue weighted by molar-refractivity contribution is -0.220. The van der Waals surface area contributed by atoms with Gasteiger partial charge in [-0.25, -0.2) is 4.79 Å². The quantitative estimate of drug-likeness (QED) is 0.464. The van der Waals surface area contributed by atoms with Gasteiger partial charge in [-0.1, -0.05) is 46.8 Å². The number of esters is 1. The number of rotatable bonds is 7. The summed E-state index contributed by atoms with van der Waals surface area (Å²) in [5.41, 5.74) is 1.17. The third-order valence-electron chi connectivity index (χ3n) is 8.05. The van der Waals surface area contributed by atoms with Crippen molar-refractivity contribution in [2.24, 2.45) is 29.1 Å². The van der Waals surface area contributed by atoms with Crippen molar-refractivity contribution in [1.82, 2.24) is 0 Å². The van der Waals surface area contributed by atoms with Crippen molar-refractivity contribution < 1.29 is 14.3 Å². The molecule has 1 atom stereocenters. The minimum absolute atomic E-state index is 0.000861. The number of carbonyl (C=O) groups is 1. The highest BCUT2D eigenvalue weighted by Crippen LogP contribution is 2.62. The van der Waals surface area contributed by atoms with E-state index >= 15 is 0 Å². The Labute approximate surface area is 182 Å². The molecule has 4 fully saturated rings. The van der Waals surface area contributed by atoms with Gasteiger partial charge >= 0.3 is 5.97 Å². The highest BCUT2D eigenvalue weighted by Gasteiger charge is 2.60. The second-order valence-electron chi connectivity index (χ2n) is 11.6. The summed E-state index contributed by atoms with van der Waals surface area (Å²) in [5.74, 6) is 3.88. The average Bonchev–Trinajstić information content (AvgIpc) is 2.68. The molecule has 3 nitrogen and oxygen atoms in total. The third-order valence-corrected chi connectivity index (χ3v) is 8.05. The third kappa shape index (κ3) is 4.41. The van der Waals surface area contributed by atoms with Gasteiger partial charge in [0, 0.05) is 0 Å². The van der Waals surface area contributed by atoms with Crippen LogP contribution in [0.4, 0.5) is 0 Å². The monoisotopic (exact) mass is 412 g/mol. The van der Waals surface area contributed by atoms with Crippen molar-refractivity contribution in [3.8, 4) is 5.75 Å². The summed E-state index contributed by atoms with van der Waals surface area (Å²) in [6.07, 6.45) is 8.46. The van der Waals surface area contributed by atoms with E-state index in [1.54, 1.807) is 0 Å². The molecule has 0 aliphatic heterocycles. The van der Waals surface area contributed by atoms with Crippen LogP contribution < -0.4 is 4.74 Å². The number of carbonyl (C=O) groups excluding carboxylic acids is 1. The number of hydrogen-bond acceptors (Lipinski definition) is 3. The van der Waals surface area contributed by atoms with Crippen LogP contribution in [-0.4, -0.2) is 18.2 Å². The van der Waals surface area contributed by atoms with E-state index in [1.165, 1.54) is 37.7 Å². The topological polar surface area (TPSA) is 35.5 Å². The summed E-state index contributed by atoms with van der Waals surface area (Å²) in [7, 11) is 0. The molecule has 0 spiro atoms. The molecule has 30 heavy (non-hydrogen) atoms. The van der Waals surface area contributed by atoms with Gasteiger partial charge in [-0.3, -0.25) is 0 Å². The Bertz CT molecular complexity index is 714. The first-order valence-electron chi connectivity index (χ1n) is 12.1. The minimum atomic E-state index is -0.285. The van der Waals surface area contributed by atoms with Gasteiger partial charge in [0.05, 0.1) is 0 Å². The van der Waals surface area contributed by atoms with Crippen LogP contribution in [0.15, 0.2) is 24.3 Å². The Morgan fingerprint density at radius 2 is 1.60 bits per heavy atom. The van der Waals surface area contributed by atoms with Gasteiger partial charge in [0.1, 0.15) is 11.4 Å². The Balaban J connectivity index is 1.43. The number of hydrogen-bond donors (Lipinski definition) is 0. The van der Waals surface area contributed by atoms with E-state index < -0.39 is 0 Å². The molecule has 0 saturated heterocycles. The first kappa shape index (κ1) is 21.7. The van der Waals surface area contributed by atoms with Crippen LogP contribution >= 0.6 is 0 Å². The zero-order valence-electron chi connectivity index (χ0n) is 19.6. The molecule has 4 aliphatic rings. The fourth-order valence-corrected chi connectivity index (χ4v) is 6.81. The molecule has 0 aromatic heterocycles.